The number of nitrogens with one attached hydrogen (secondary N) is 2. The number of carbonyl (C=O) groups excluding carboxylic acids is 3. The Bertz CT molecular complexity index is 3200. The van der Waals surface area contributed by atoms with E-state index in [9.17, 15) is 45.6 Å². The zero-order valence-electron chi connectivity index (χ0n) is 50.8. The lowest BCUT2D eigenvalue weighted by Gasteiger charge is -2.69. The predicted molar refractivity (Wildman–Crippen MR) is 332 cm³/mol. The van der Waals surface area contributed by atoms with Gasteiger partial charge in [-0.3, -0.25) is 19.4 Å². The van der Waals surface area contributed by atoms with Crippen LogP contribution >= 0.6 is 21.6 Å². The van der Waals surface area contributed by atoms with Gasteiger partial charge in [-0.05, 0) is 178 Å². The third-order valence-electron chi connectivity index (χ3n) is 25.7. The molecule has 88 heavy (non-hydrogen) atoms. The van der Waals surface area contributed by atoms with Crippen LogP contribution in [0.3, 0.4) is 0 Å². The van der Waals surface area contributed by atoms with E-state index in [0.29, 0.717) is 49.3 Å². The summed E-state index contributed by atoms with van der Waals surface area (Å²) in [5, 5.41) is 118. The molecule has 0 radical (unpaired) electrons. The molecule has 9 aliphatic carbocycles. The Kier molecular flexibility index (Phi) is 16.3. The van der Waals surface area contributed by atoms with Gasteiger partial charge in [0.2, 0.25) is 0 Å². The highest BCUT2D eigenvalue weighted by molar-refractivity contribution is 8.76. The summed E-state index contributed by atoms with van der Waals surface area (Å²) >= 11 is 0. The number of phenolic OH excluding ortho intramolecular Hbond substituents is 1. The SMILES string of the molecule is CC1CCC2=CCC3C(C(O)O)CC4(O)CCC3(CC(C3COC(=O)C3c3cc[nH]c3)C#CCC3CC5(O)C6=C7NC(CO)C(=O)CC(c8ccc(O)cc8)CSSCC8C(O)C(O)CC(C)(C6C6CCC(CN=C(N)N)C5(C6)C3C4(C)O)C8C7=O)C2C1. The second kappa shape index (κ2) is 23.0. The molecule has 2 spiro atoms. The van der Waals surface area contributed by atoms with Crippen molar-refractivity contribution >= 4 is 45.1 Å². The van der Waals surface area contributed by atoms with Gasteiger partial charge in [0.1, 0.15) is 11.8 Å². The van der Waals surface area contributed by atoms with Gasteiger partial charge in [-0.2, -0.15) is 0 Å². The van der Waals surface area contributed by atoms with E-state index in [1.165, 1.54) is 27.2 Å². The maximum atomic E-state index is 16.5. The fraction of sp³-hybridized carbons (Fsp3) is 0.706. The van der Waals surface area contributed by atoms with Crippen LogP contribution in [0.25, 0.3) is 0 Å². The van der Waals surface area contributed by atoms with Crippen molar-refractivity contribution in [2.24, 2.45) is 110 Å². The minimum absolute atomic E-state index is 0.00336. The molecular formula is C68H91N5O13S2. The number of allylic oxidation sites excluding steroid dienone is 3. The summed E-state index contributed by atoms with van der Waals surface area (Å²) in [6.07, 6.45) is 6.61. The van der Waals surface area contributed by atoms with E-state index < -0.39 is 141 Å². The van der Waals surface area contributed by atoms with Gasteiger partial charge in [0.05, 0.1) is 53.8 Å². The summed E-state index contributed by atoms with van der Waals surface area (Å²) in [4.78, 5) is 53.5. The Morgan fingerprint density at radius 2 is 1.68 bits per heavy atom. The Hall–Kier alpha value is -4.40. The first-order valence-corrected chi connectivity index (χ1v) is 35.0. The number of hydrogen-bond donors (Lipinski definition) is 13. The number of ketones is 2. The highest BCUT2D eigenvalue weighted by Crippen LogP contribution is 2.78. The van der Waals surface area contributed by atoms with E-state index >= 15 is 14.7 Å². The molecule has 20 heteroatoms. The van der Waals surface area contributed by atoms with Crippen LogP contribution in [-0.4, -0.2) is 147 Å². The normalized spacial score (nSPS) is 46.5. The molecule has 2 aliphatic heterocycles. The maximum absolute atomic E-state index is 16.5. The topological polar surface area (TPSA) is 335 Å². The van der Waals surface area contributed by atoms with Crippen LogP contribution in [0.4, 0.5) is 0 Å². The van der Waals surface area contributed by atoms with Gasteiger partial charge in [0, 0.05) is 90.1 Å². The fourth-order valence-electron chi connectivity index (χ4n) is 22.0. The molecule has 8 fully saturated rings. The molecule has 2 saturated heterocycles. The van der Waals surface area contributed by atoms with Crippen molar-refractivity contribution in [3.63, 3.8) is 0 Å². The van der Waals surface area contributed by atoms with Crippen LogP contribution in [0.5, 0.6) is 5.75 Å². The Morgan fingerprint density at radius 3 is 2.41 bits per heavy atom. The molecule has 1 aromatic heterocycles. The summed E-state index contributed by atoms with van der Waals surface area (Å²) in [6.45, 7) is 5.34. The number of carbonyl (C=O) groups is 3. The average molecular weight is 1250 g/mol. The molecule has 2 aromatic rings. The van der Waals surface area contributed by atoms with Gasteiger partial charge >= 0.3 is 5.97 Å². The second-order valence-electron chi connectivity index (χ2n) is 29.8. The zero-order chi connectivity index (χ0) is 62.2. The molecule has 18 nitrogen and oxygen atoms in total. The number of nitrogens with zero attached hydrogens (tertiary/aromatic N) is 1. The number of hydrogen-bond acceptors (Lipinski definition) is 17. The molecule has 6 saturated carbocycles. The quantitative estimate of drug-likeness (QED) is 0.0317. The lowest BCUT2D eigenvalue weighted by molar-refractivity contribution is -0.256. The van der Waals surface area contributed by atoms with E-state index in [2.05, 4.69) is 35.1 Å². The monoisotopic (exact) mass is 1250 g/mol. The van der Waals surface area contributed by atoms with Crippen molar-refractivity contribution in [3.8, 4) is 17.6 Å². The van der Waals surface area contributed by atoms with Crippen LogP contribution in [0.2, 0.25) is 0 Å². The standard InChI is InChI=1S/C68H91N5O13S2/c1-34-7-8-36-12-16-47-44(60(80)81)26-66(84)19-18-65(47,48(36)21-34)23-37(45-31-86-61(82)52(45)40-17-20-71-28-40)5-4-6-39-25-68(85)55-53(38-9-13-42(29-72-62(69)70)67(68,24-38)59(39)64(66,3)83)63(2)27-51(77)57(78)46-33-88-87-32-41(35-10-14-43(75)15-11-35)22-50(76)49(30-74)73-56(55)58(79)54(46)63/h10-12,14-15,17,20,28,34,37-39,41-42,44-49,51-54,57,59-60,71,73-75,77-78,80-81,83-85H,6-9,13,16,18-19,21-27,29-33H2,1-3H3,(H4,69,70,72). The summed E-state index contributed by atoms with van der Waals surface area (Å²) in [6, 6.07) is 7.20. The maximum Gasteiger partial charge on any atom is 0.313 e. The number of H-pyrrole nitrogens is 1. The molecule has 6 bridgehead atoms. The van der Waals surface area contributed by atoms with Gasteiger partial charge in [-0.25, -0.2) is 0 Å². The van der Waals surface area contributed by atoms with E-state index in [0.717, 1.165) is 30.4 Å². The number of phenols is 1. The van der Waals surface area contributed by atoms with Gasteiger partial charge in [0.25, 0.3) is 0 Å². The lowest BCUT2D eigenvalue weighted by atomic mass is 9.37. The number of esters is 1. The van der Waals surface area contributed by atoms with Crippen molar-refractivity contribution in [3.05, 3.63) is 76.8 Å². The molecule has 24 unspecified atom stereocenters. The predicted octanol–water partition coefficient (Wildman–Crippen LogP) is 5.31. The van der Waals surface area contributed by atoms with Crippen LogP contribution in [0, 0.1) is 105 Å². The van der Waals surface area contributed by atoms with Crippen molar-refractivity contribution in [1.82, 2.24) is 10.3 Å². The second-order valence-corrected chi connectivity index (χ2v) is 32.3. The highest BCUT2D eigenvalue weighted by atomic mass is 33.1. The number of aliphatic imine (C=N–C) groups is 1. The molecule has 3 heterocycles. The van der Waals surface area contributed by atoms with Gasteiger partial charge in [0.15, 0.2) is 23.8 Å². The summed E-state index contributed by atoms with van der Waals surface area (Å²) in [5.74, 6) is -1.15. The molecule has 13 rings (SSSR count). The number of guanidine groups is 1. The van der Waals surface area contributed by atoms with Crippen molar-refractivity contribution < 1.29 is 65.1 Å². The Balaban J connectivity index is 1.04. The van der Waals surface area contributed by atoms with Crippen molar-refractivity contribution in [1.29, 1.82) is 0 Å². The molecular weight excluding hydrogens is 1160 g/mol. The van der Waals surface area contributed by atoms with Crippen LogP contribution in [0.1, 0.15) is 140 Å². The van der Waals surface area contributed by atoms with Gasteiger partial charge in [-0.15, -0.1) is 5.92 Å². The van der Waals surface area contributed by atoms with E-state index in [-0.39, 0.29) is 105 Å². The molecule has 15 N–H and O–H groups in total. The Morgan fingerprint density at radius 1 is 0.909 bits per heavy atom. The van der Waals surface area contributed by atoms with E-state index in [1.54, 1.807) is 37.4 Å². The number of aliphatic hydroxyl groups excluding tert-OH is 4. The summed E-state index contributed by atoms with van der Waals surface area (Å²) in [7, 11) is 2.96. The largest absolute Gasteiger partial charge is 0.508 e. The number of aromatic nitrogens is 1. The third kappa shape index (κ3) is 9.63. The number of rotatable bonds is 7. The molecule has 1 aromatic carbocycles. The average Bonchev–Trinajstić information content (AvgIpc) is 1.32. The van der Waals surface area contributed by atoms with Crippen molar-refractivity contribution in [2.45, 2.75) is 170 Å². The minimum atomic E-state index is -2.14. The van der Waals surface area contributed by atoms with Crippen molar-refractivity contribution in [2.75, 3.05) is 31.3 Å². The van der Waals surface area contributed by atoms with Crippen LogP contribution in [-0.2, 0) is 19.1 Å². The number of benzene rings is 1. The van der Waals surface area contributed by atoms with E-state index in [1.807, 2.05) is 19.2 Å². The first-order chi connectivity index (χ1) is 41.9. The zero-order valence-corrected chi connectivity index (χ0v) is 52.4. The van der Waals surface area contributed by atoms with Gasteiger partial charge in [-0.1, -0.05) is 65.1 Å². The minimum Gasteiger partial charge on any atom is -0.508 e. The number of ether oxygens (including phenoxy) is 1. The fourth-order valence-corrected chi connectivity index (χ4v) is 24.8. The van der Waals surface area contributed by atoms with E-state index in [4.69, 9.17) is 21.2 Å². The smallest absolute Gasteiger partial charge is 0.313 e. The first-order valence-electron chi connectivity index (χ1n) is 32.5. The number of fused-ring (bicyclic) bond motifs is 10. The van der Waals surface area contributed by atoms with Crippen LogP contribution in [0.15, 0.2) is 70.6 Å². The number of Topliss-reactive ketones (excluding diaryl/α,β-unsaturated/α-hetero) is 2. The first kappa shape index (κ1) is 62.4. The number of nitrogens with two attached hydrogens (primary N) is 2. The third-order valence-corrected chi connectivity index (χ3v) is 28.2. The van der Waals surface area contributed by atoms with Gasteiger partial charge < -0.3 is 72.5 Å². The number of aliphatic hydroxyl groups is 8. The highest BCUT2D eigenvalue weighted by Gasteiger charge is 2.80. The van der Waals surface area contributed by atoms with Crippen LogP contribution < -0.4 is 16.8 Å². The molecule has 478 valence electrons. The summed E-state index contributed by atoms with van der Waals surface area (Å²) < 4.78 is 6.02. The Labute approximate surface area is 523 Å². The molecule has 24 atom stereocenters. The summed E-state index contributed by atoms with van der Waals surface area (Å²) in [5.41, 5.74) is 6.16. The molecule has 0 amide bonds. The number of aromatic amines is 1. The number of aromatic hydroxyl groups is 1. The molecule has 11 aliphatic rings. The number of cyclic esters (lactones) is 1. The lowest BCUT2D eigenvalue weighted by Crippen LogP contribution is -2.72.